The van der Waals surface area contributed by atoms with Gasteiger partial charge in [0.1, 0.15) is 11.5 Å². The molecule has 0 bridgehead atoms. The van der Waals surface area contributed by atoms with Gasteiger partial charge < -0.3 is 0 Å². The Labute approximate surface area is 190 Å². The quantitative estimate of drug-likeness (QED) is 0.540. The Bertz CT molecular complexity index is 1330. The topological polar surface area (TPSA) is 87.6 Å². The Morgan fingerprint density at radius 1 is 1.00 bits per heavy atom. The Kier molecular flexibility index (Phi) is 5.30. The van der Waals surface area contributed by atoms with Crippen molar-refractivity contribution in [2.24, 2.45) is 0 Å². The minimum Gasteiger partial charge on any atom is -0.268 e. The third kappa shape index (κ3) is 3.73. The smallest absolute Gasteiger partial charge is 0.268 e. The maximum Gasteiger partial charge on any atom is 0.280 e. The van der Waals surface area contributed by atoms with Crippen LogP contribution in [0.4, 0.5) is 4.39 Å². The molecule has 3 aromatic rings. The van der Waals surface area contributed by atoms with E-state index < -0.39 is 27.7 Å². The third-order valence-corrected chi connectivity index (χ3v) is 8.08. The standard InChI is InChI=1S/C24H20FN3O4S/c25-19-9-8-18(15-28-23(29)20-7-4-11-26-22(20)24(28)30)21(13-19)33(31,32)27-12-10-17(14-27)16-5-2-1-3-6-16/h1-9,11,13,17H,10,12,14-15H2. The molecule has 33 heavy (non-hydrogen) atoms. The first-order chi connectivity index (χ1) is 15.9. The van der Waals surface area contributed by atoms with Crippen LogP contribution in [-0.4, -0.2) is 47.5 Å². The summed E-state index contributed by atoms with van der Waals surface area (Å²) in [6.07, 6.45) is 2.07. The molecule has 7 nitrogen and oxygen atoms in total. The second-order valence-corrected chi connectivity index (χ2v) is 10.0. The Morgan fingerprint density at radius 2 is 1.79 bits per heavy atom. The van der Waals surface area contributed by atoms with Crippen LogP contribution in [0.3, 0.4) is 0 Å². The number of imide groups is 1. The van der Waals surface area contributed by atoms with Gasteiger partial charge in [0, 0.05) is 19.3 Å². The number of nitrogens with zero attached hydrogens (tertiary/aromatic N) is 3. The van der Waals surface area contributed by atoms with Gasteiger partial charge in [-0.2, -0.15) is 4.31 Å². The Morgan fingerprint density at radius 3 is 2.55 bits per heavy atom. The van der Waals surface area contributed by atoms with Crippen molar-refractivity contribution in [2.75, 3.05) is 13.1 Å². The van der Waals surface area contributed by atoms with Crippen LogP contribution in [0.5, 0.6) is 0 Å². The van der Waals surface area contributed by atoms with Crippen molar-refractivity contribution in [1.29, 1.82) is 0 Å². The molecule has 2 aliphatic heterocycles. The molecule has 0 spiro atoms. The van der Waals surface area contributed by atoms with Gasteiger partial charge in [0.15, 0.2) is 0 Å². The van der Waals surface area contributed by atoms with E-state index in [0.717, 1.165) is 22.6 Å². The molecule has 1 fully saturated rings. The molecule has 1 unspecified atom stereocenters. The summed E-state index contributed by atoms with van der Waals surface area (Å²) in [4.78, 5) is 30.1. The highest BCUT2D eigenvalue weighted by Crippen LogP contribution is 2.33. The second-order valence-electron chi connectivity index (χ2n) is 8.11. The van der Waals surface area contributed by atoms with Crippen LogP contribution < -0.4 is 0 Å². The number of sulfonamides is 1. The fraction of sp³-hybridized carbons (Fsp3) is 0.208. The zero-order valence-electron chi connectivity index (χ0n) is 17.5. The fourth-order valence-electron chi connectivity index (χ4n) is 4.41. The van der Waals surface area contributed by atoms with Crippen LogP contribution in [0.1, 0.15) is 44.3 Å². The average Bonchev–Trinajstić information content (AvgIpc) is 3.42. The summed E-state index contributed by atoms with van der Waals surface area (Å²) >= 11 is 0. The fourth-order valence-corrected chi connectivity index (χ4v) is 6.14. The summed E-state index contributed by atoms with van der Waals surface area (Å²) in [5.41, 5.74) is 1.42. The van der Waals surface area contributed by atoms with Gasteiger partial charge in [-0.25, -0.2) is 12.8 Å². The Hall–Kier alpha value is -3.43. The lowest BCUT2D eigenvalue weighted by atomic mass is 9.99. The molecular weight excluding hydrogens is 445 g/mol. The predicted octanol–water partition coefficient (Wildman–Crippen LogP) is 3.20. The third-order valence-electron chi connectivity index (χ3n) is 6.13. The highest BCUT2D eigenvalue weighted by atomic mass is 32.2. The summed E-state index contributed by atoms with van der Waals surface area (Å²) in [5.74, 6) is -1.82. The van der Waals surface area contributed by atoms with Crippen molar-refractivity contribution in [3.05, 3.63) is 95.1 Å². The zero-order chi connectivity index (χ0) is 23.2. The van der Waals surface area contributed by atoms with Gasteiger partial charge in [-0.1, -0.05) is 36.4 Å². The zero-order valence-corrected chi connectivity index (χ0v) is 18.3. The van der Waals surface area contributed by atoms with E-state index in [-0.39, 0.29) is 40.7 Å². The number of fused-ring (bicyclic) bond motifs is 1. The van der Waals surface area contributed by atoms with Crippen molar-refractivity contribution >= 4 is 21.8 Å². The molecular formula is C24H20FN3O4S. The number of hydrogen-bond acceptors (Lipinski definition) is 5. The highest BCUT2D eigenvalue weighted by Gasteiger charge is 2.39. The molecule has 5 rings (SSSR count). The van der Waals surface area contributed by atoms with Gasteiger partial charge in [-0.3, -0.25) is 19.5 Å². The lowest BCUT2D eigenvalue weighted by Gasteiger charge is -2.21. The van der Waals surface area contributed by atoms with E-state index in [2.05, 4.69) is 4.98 Å². The van der Waals surface area contributed by atoms with E-state index in [1.807, 2.05) is 30.3 Å². The van der Waals surface area contributed by atoms with Gasteiger partial charge in [-0.15, -0.1) is 0 Å². The molecule has 1 atom stereocenters. The summed E-state index contributed by atoms with van der Waals surface area (Å²) in [6, 6.07) is 16.1. The van der Waals surface area contributed by atoms with Crippen LogP contribution in [0.2, 0.25) is 0 Å². The molecule has 2 amide bonds. The molecule has 2 aromatic carbocycles. The maximum atomic E-state index is 14.1. The van der Waals surface area contributed by atoms with E-state index in [9.17, 15) is 22.4 Å². The van der Waals surface area contributed by atoms with Crippen LogP contribution in [0.25, 0.3) is 0 Å². The molecule has 2 aliphatic rings. The first-order valence-corrected chi connectivity index (χ1v) is 11.9. The lowest BCUT2D eigenvalue weighted by molar-refractivity contribution is 0.0639. The number of aromatic nitrogens is 1. The van der Waals surface area contributed by atoms with Crippen molar-refractivity contribution in [1.82, 2.24) is 14.2 Å². The number of pyridine rings is 1. The van der Waals surface area contributed by atoms with Crippen LogP contribution in [0.15, 0.2) is 71.8 Å². The summed E-state index contributed by atoms with van der Waals surface area (Å²) < 4.78 is 42.5. The minimum absolute atomic E-state index is 0.0271. The summed E-state index contributed by atoms with van der Waals surface area (Å²) in [5, 5.41) is 0. The number of rotatable bonds is 5. The van der Waals surface area contributed by atoms with Crippen molar-refractivity contribution in [3.63, 3.8) is 0 Å². The molecule has 1 saturated heterocycles. The monoisotopic (exact) mass is 465 g/mol. The molecule has 0 N–H and O–H groups in total. The SMILES string of the molecule is O=C1c2cccnc2C(=O)N1Cc1ccc(F)cc1S(=O)(=O)N1CCC(c2ccccc2)C1. The molecule has 0 radical (unpaired) electrons. The highest BCUT2D eigenvalue weighted by molar-refractivity contribution is 7.89. The van der Waals surface area contributed by atoms with E-state index in [1.54, 1.807) is 6.07 Å². The van der Waals surface area contributed by atoms with Crippen molar-refractivity contribution in [3.8, 4) is 0 Å². The predicted molar refractivity (Wildman–Crippen MR) is 117 cm³/mol. The first kappa shape index (κ1) is 21.4. The van der Waals surface area contributed by atoms with E-state index in [1.165, 1.54) is 22.6 Å². The summed E-state index contributed by atoms with van der Waals surface area (Å²) in [6.45, 7) is 0.285. The minimum atomic E-state index is -4.05. The molecule has 0 saturated carbocycles. The van der Waals surface area contributed by atoms with Gasteiger partial charge in [0.25, 0.3) is 11.8 Å². The molecule has 9 heteroatoms. The van der Waals surface area contributed by atoms with Crippen LogP contribution in [0, 0.1) is 5.82 Å². The normalized spacial score (nSPS) is 18.7. The van der Waals surface area contributed by atoms with Gasteiger partial charge in [-0.05, 0) is 47.7 Å². The number of halogens is 1. The first-order valence-electron chi connectivity index (χ1n) is 10.5. The van der Waals surface area contributed by atoms with E-state index in [4.69, 9.17) is 0 Å². The molecule has 3 heterocycles. The Balaban J connectivity index is 1.45. The van der Waals surface area contributed by atoms with Crippen molar-refractivity contribution in [2.45, 2.75) is 23.8 Å². The molecule has 0 aliphatic carbocycles. The number of amides is 2. The lowest BCUT2D eigenvalue weighted by Crippen LogP contribution is -2.32. The molecule has 168 valence electrons. The summed E-state index contributed by atoms with van der Waals surface area (Å²) in [7, 11) is -4.05. The maximum absolute atomic E-state index is 14.1. The van der Waals surface area contributed by atoms with Gasteiger partial charge in [0.05, 0.1) is 17.0 Å². The second kappa shape index (κ2) is 8.17. The number of carbonyl (C=O) groups is 2. The van der Waals surface area contributed by atoms with Crippen LogP contribution in [-0.2, 0) is 16.6 Å². The molecule has 1 aromatic heterocycles. The largest absolute Gasteiger partial charge is 0.280 e. The van der Waals surface area contributed by atoms with Gasteiger partial charge >= 0.3 is 0 Å². The average molecular weight is 466 g/mol. The van der Waals surface area contributed by atoms with Crippen LogP contribution >= 0.6 is 0 Å². The van der Waals surface area contributed by atoms with E-state index >= 15 is 0 Å². The number of benzene rings is 2. The number of carbonyl (C=O) groups excluding carboxylic acids is 2. The van der Waals surface area contributed by atoms with Gasteiger partial charge in [0.2, 0.25) is 10.0 Å². The number of hydrogen-bond donors (Lipinski definition) is 0. The van der Waals surface area contributed by atoms with Crippen molar-refractivity contribution < 1.29 is 22.4 Å². The van der Waals surface area contributed by atoms with E-state index in [0.29, 0.717) is 13.0 Å².